The molecule has 0 spiro atoms. The SMILES string of the molecule is CCCC(=O)OC[n+]1c[nH]c(C[C@H](NC(=O)C2CCC(=O)N2)C(=O)N2CCCC2C(N)=O)c1.CCCC(=O)OCn1cncc1C[C@H](NC(=O)C1CCC(=O)N1)C(=O)N1CCCC1C(N)=O.CCCCCCCCCCCC(=O)OCCl.NC(=O)C1CCCN1C(=O)[C@H](Cc1cnc[nH]1)NC(=O)C1CCC(=O)N1. The molecule has 12 amide bonds. The number of imidazole rings is 3. The third kappa shape index (κ3) is 28.3. The highest BCUT2D eigenvalue weighted by molar-refractivity contribution is 6.17. The number of aromatic amines is 2. The van der Waals surface area contributed by atoms with Gasteiger partial charge in [0.05, 0.1) is 12.7 Å². The summed E-state index contributed by atoms with van der Waals surface area (Å²) in [5.74, 6) is -5.74. The quantitative estimate of drug-likeness (QED) is 0.0121. The first-order chi connectivity index (χ1) is 51.8. The summed E-state index contributed by atoms with van der Waals surface area (Å²) in [7, 11) is 0. The number of carbonyl (C=O) groups excluding carboxylic acids is 15. The fourth-order valence-corrected chi connectivity index (χ4v) is 13.4. The van der Waals surface area contributed by atoms with Crippen LogP contribution in [0.1, 0.15) is 205 Å². The van der Waals surface area contributed by atoms with Gasteiger partial charge >= 0.3 is 17.9 Å². The van der Waals surface area contributed by atoms with Gasteiger partial charge in [-0.05, 0) is 77.0 Å². The molecular weight excluding hydrogens is 1430 g/mol. The van der Waals surface area contributed by atoms with E-state index in [2.05, 4.69) is 63.5 Å². The molecule has 0 saturated carbocycles. The standard InChI is InChI=1S/2C21H30N6O6.C16H22N6O4.C13H25ClO2/c1-2-4-18(29)33-12-26-10-13(23-11-26)9-15(25-20(31)14-6-7-17(28)24-14)21(32)27-8-3-5-16(27)19(22)30;1-2-4-18(29)33-12-26-11-23-10-13(26)9-15(25-20(31)14-6-7-17(28)24-14)21(32)27-8-3-5-16(27)19(22)30;17-14(24)12-2-1-5-22(12)16(26)11(6-9-7-18-8-19-9)21-15(25)10-3-4-13(23)20-10;1-2-3-4-5-6-7-8-9-10-11-13(15)16-12-14/h10-11,14-16H,2-9,12H2,1H3,(H4,22,24,25,28,30,31);10-11,14-16H,2-9,12H2,1H3,(H2,22,30)(H,24,28)(H,25,31);7-8,10-12H,1-6H2,(H2,17,24)(H,18,19)(H,20,23)(H,21,25);2-12H2,1H3/p+1/t2*14?,15-,16?;10?,11-,12?;/m000./s1. The number of primary amides is 3. The summed E-state index contributed by atoms with van der Waals surface area (Å²) in [6.07, 6.45) is 28.8. The van der Waals surface area contributed by atoms with Crippen molar-refractivity contribution in [2.45, 2.75) is 275 Å². The van der Waals surface area contributed by atoms with Gasteiger partial charge in [0.1, 0.15) is 66.3 Å². The van der Waals surface area contributed by atoms with Crippen LogP contribution in [-0.2, 0) is 119 Å². The van der Waals surface area contributed by atoms with Crippen LogP contribution in [0.25, 0.3) is 0 Å². The number of hydrogen-bond donors (Lipinski definition) is 11. The van der Waals surface area contributed by atoms with Gasteiger partial charge in [0.2, 0.25) is 83.9 Å². The number of hydrogen-bond acceptors (Lipinski definition) is 20. The number of nitrogens with two attached hydrogens (primary N) is 3. The molecule has 9 atom stereocenters. The number of amides is 12. The fourth-order valence-electron chi connectivity index (χ4n) is 13.3. The lowest BCUT2D eigenvalue weighted by Gasteiger charge is -2.28. The molecule has 6 fully saturated rings. The Balaban J connectivity index is 0.000000232. The number of likely N-dealkylation sites (tertiary alicyclic amines) is 3. The molecule has 0 aromatic carbocycles. The predicted molar refractivity (Wildman–Crippen MR) is 385 cm³/mol. The lowest BCUT2D eigenvalue weighted by molar-refractivity contribution is -0.726. The second kappa shape index (κ2) is 45.6. The normalized spacial score (nSPS) is 20.0. The minimum Gasteiger partial charge on any atom is -0.449 e. The van der Waals surface area contributed by atoms with Crippen LogP contribution in [0.3, 0.4) is 0 Å². The molecule has 14 N–H and O–H groups in total. The lowest BCUT2D eigenvalue weighted by Crippen LogP contribution is -2.56. The first-order valence-corrected chi connectivity index (χ1v) is 38.0. The number of ether oxygens (including phenoxy) is 3. The van der Waals surface area contributed by atoms with Crippen molar-refractivity contribution in [3.63, 3.8) is 0 Å². The molecular formula is C71H108ClN18O18+. The summed E-state index contributed by atoms with van der Waals surface area (Å²) in [5, 5.41) is 15.9. The summed E-state index contributed by atoms with van der Waals surface area (Å²) >= 11 is 5.28. The van der Waals surface area contributed by atoms with Crippen LogP contribution >= 0.6 is 11.6 Å². The van der Waals surface area contributed by atoms with Gasteiger partial charge in [-0.15, -0.1) is 0 Å². The second-order valence-electron chi connectivity index (χ2n) is 27.4. The highest BCUT2D eigenvalue weighted by atomic mass is 35.5. The highest BCUT2D eigenvalue weighted by Gasteiger charge is 2.42. The maximum atomic E-state index is 13.4. The summed E-state index contributed by atoms with van der Waals surface area (Å²) < 4.78 is 18.2. The fraction of sp³-hybridized carbons (Fsp3) is 0.662. The molecule has 0 bridgehead atoms. The van der Waals surface area contributed by atoms with E-state index in [9.17, 15) is 71.9 Å². The maximum Gasteiger partial charge on any atom is 0.308 e. The zero-order valence-corrected chi connectivity index (χ0v) is 62.8. The van der Waals surface area contributed by atoms with E-state index in [1.807, 2.05) is 13.8 Å². The summed E-state index contributed by atoms with van der Waals surface area (Å²) in [6, 6.07) is -7.06. The van der Waals surface area contributed by atoms with Gasteiger partial charge in [-0.1, -0.05) is 83.7 Å². The molecule has 6 unspecified atom stereocenters. The lowest BCUT2D eigenvalue weighted by atomic mass is 10.1. The molecule has 9 rings (SSSR count). The monoisotopic (exact) mass is 1540 g/mol. The largest absolute Gasteiger partial charge is 0.449 e. The molecule has 0 aliphatic carbocycles. The van der Waals surface area contributed by atoms with E-state index in [0.29, 0.717) is 120 Å². The summed E-state index contributed by atoms with van der Waals surface area (Å²) in [5.41, 5.74) is 18.2. The van der Waals surface area contributed by atoms with Crippen LogP contribution in [0.15, 0.2) is 37.6 Å². The zero-order valence-electron chi connectivity index (χ0n) is 62.0. The van der Waals surface area contributed by atoms with E-state index in [1.54, 1.807) is 27.9 Å². The number of nitrogens with zero attached hydrogens (tertiary/aromatic N) is 7. The van der Waals surface area contributed by atoms with Crippen molar-refractivity contribution in [2.75, 3.05) is 25.7 Å². The number of alkyl halides is 1. The Hall–Kier alpha value is -10.0. The first kappa shape index (κ1) is 86.9. The first-order valence-electron chi connectivity index (χ1n) is 37.5. The van der Waals surface area contributed by atoms with Crippen LogP contribution in [0.2, 0.25) is 0 Å². The van der Waals surface area contributed by atoms with Gasteiger partial charge in [-0.2, -0.15) is 0 Å². The minimum atomic E-state index is -1.02. The maximum absolute atomic E-state index is 13.4. The van der Waals surface area contributed by atoms with Gasteiger partial charge in [0, 0.05) is 101 Å². The smallest absolute Gasteiger partial charge is 0.308 e. The van der Waals surface area contributed by atoms with E-state index < -0.39 is 102 Å². The average molecular weight is 1540 g/mol. The molecule has 0 radical (unpaired) electrons. The van der Waals surface area contributed by atoms with Crippen LogP contribution in [0, 0.1) is 0 Å². The van der Waals surface area contributed by atoms with Gasteiger partial charge in [0.15, 0.2) is 12.8 Å². The van der Waals surface area contributed by atoms with Gasteiger partial charge < -0.3 is 87.6 Å². The summed E-state index contributed by atoms with van der Waals surface area (Å²) in [4.78, 5) is 199. The Labute approximate surface area is 632 Å². The molecule has 36 nitrogen and oxygen atoms in total. The molecule has 3 aromatic rings. The van der Waals surface area contributed by atoms with Crippen LogP contribution in [0.5, 0.6) is 0 Å². The molecule has 596 valence electrons. The number of unbranched alkanes of at least 4 members (excludes halogenated alkanes) is 8. The Kier molecular flexibility index (Phi) is 36.7. The van der Waals surface area contributed by atoms with Gasteiger partial charge in [0.25, 0.3) is 0 Å². The van der Waals surface area contributed by atoms with Crippen LogP contribution < -0.4 is 53.7 Å². The molecule has 9 heterocycles. The molecule has 6 saturated heterocycles. The predicted octanol–water partition coefficient (Wildman–Crippen LogP) is 0.190. The third-order valence-corrected chi connectivity index (χ3v) is 19.2. The Morgan fingerprint density at radius 1 is 0.519 bits per heavy atom. The third-order valence-electron chi connectivity index (χ3n) is 19.1. The van der Waals surface area contributed by atoms with Crippen molar-refractivity contribution >= 4 is 100 Å². The Morgan fingerprint density at radius 2 is 0.944 bits per heavy atom. The second-order valence-corrected chi connectivity index (χ2v) is 27.6. The topological polar surface area (TPSA) is 510 Å². The number of halogens is 1. The van der Waals surface area contributed by atoms with E-state index in [0.717, 1.165) is 12.8 Å². The van der Waals surface area contributed by atoms with Gasteiger partial charge in [-0.3, -0.25) is 71.9 Å². The van der Waals surface area contributed by atoms with Crippen molar-refractivity contribution in [3.8, 4) is 0 Å². The van der Waals surface area contributed by atoms with Crippen molar-refractivity contribution in [3.05, 3.63) is 54.7 Å². The Morgan fingerprint density at radius 3 is 1.35 bits per heavy atom. The number of aromatic nitrogens is 6. The van der Waals surface area contributed by atoms with Crippen LogP contribution in [0.4, 0.5) is 0 Å². The number of nitrogens with one attached hydrogen (secondary N) is 8. The van der Waals surface area contributed by atoms with Crippen molar-refractivity contribution < 1.29 is 90.7 Å². The van der Waals surface area contributed by atoms with E-state index in [1.165, 1.54) is 78.5 Å². The number of H-pyrrole nitrogens is 2. The minimum absolute atomic E-state index is 0.0176. The molecule has 3 aromatic heterocycles. The number of esters is 3. The Bertz CT molecular complexity index is 3530. The van der Waals surface area contributed by atoms with Crippen molar-refractivity contribution in [1.29, 1.82) is 0 Å². The molecule has 37 heteroatoms. The van der Waals surface area contributed by atoms with Gasteiger partial charge in [-0.25, -0.2) is 19.5 Å². The number of rotatable bonds is 37. The molecule has 6 aliphatic heterocycles. The van der Waals surface area contributed by atoms with Crippen molar-refractivity contribution in [1.82, 2.24) is 71.1 Å². The van der Waals surface area contributed by atoms with Crippen molar-refractivity contribution in [2.24, 2.45) is 17.2 Å². The van der Waals surface area contributed by atoms with E-state index >= 15 is 0 Å². The average Bonchev–Trinajstić information content (AvgIpc) is 1.67. The van der Waals surface area contributed by atoms with E-state index in [-0.39, 0.29) is 106 Å². The highest BCUT2D eigenvalue weighted by Crippen LogP contribution is 2.24. The number of carbonyl (C=O) groups is 15. The molecule has 6 aliphatic rings. The van der Waals surface area contributed by atoms with Crippen LogP contribution in [-0.4, -0.2) is 208 Å². The van der Waals surface area contributed by atoms with E-state index in [4.69, 9.17) is 38.3 Å². The summed E-state index contributed by atoms with van der Waals surface area (Å²) in [6.45, 7) is 7.08. The zero-order chi connectivity index (χ0) is 78.7. The molecule has 108 heavy (non-hydrogen) atoms.